The van der Waals surface area contributed by atoms with Crippen LogP contribution in [-0.4, -0.2) is 35.4 Å². The van der Waals surface area contributed by atoms with E-state index in [2.05, 4.69) is 4.98 Å². The fourth-order valence-corrected chi connectivity index (χ4v) is 5.00. The Bertz CT molecular complexity index is 1250. The van der Waals surface area contributed by atoms with Crippen LogP contribution in [0.15, 0.2) is 52.4 Å². The van der Waals surface area contributed by atoms with Gasteiger partial charge in [-0.1, -0.05) is 0 Å². The van der Waals surface area contributed by atoms with Crippen molar-refractivity contribution in [2.24, 2.45) is 0 Å². The molecule has 1 aliphatic heterocycles. The van der Waals surface area contributed by atoms with Gasteiger partial charge in [-0.15, -0.1) is 0 Å². The molecule has 29 heavy (non-hydrogen) atoms. The molecule has 4 rings (SSSR count). The molecule has 0 unspecified atom stereocenters. The SMILES string of the molecule is O=c1c2ccc(F)cc2ncn1C1CCN(S(=O)(=O)c2ccc(F)c(F)c2)CC1. The topological polar surface area (TPSA) is 72.3 Å². The number of rotatable bonds is 3. The Balaban J connectivity index is 1.56. The van der Waals surface area contributed by atoms with Gasteiger partial charge in [0.05, 0.1) is 22.1 Å². The Labute approximate surface area is 164 Å². The van der Waals surface area contributed by atoms with Crippen molar-refractivity contribution in [2.45, 2.75) is 23.8 Å². The van der Waals surface area contributed by atoms with Crippen molar-refractivity contribution in [3.63, 3.8) is 0 Å². The van der Waals surface area contributed by atoms with Gasteiger partial charge in [-0.2, -0.15) is 4.31 Å². The molecular weight excluding hydrogens is 407 g/mol. The Morgan fingerprint density at radius 2 is 1.69 bits per heavy atom. The van der Waals surface area contributed by atoms with E-state index >= 15 is 0 Å². The van der Waals surface area contributed by atoms with Gasteiger partial charge in [-0.05, 0) is 43.2 Å². The summed E-state index contributed by atoms with van der Waals surface area (Å²) in [5, 5.41) is 0.283. The molecule has 0 amide bonds. The van der Waals surface area contributed by atoms with Crippen molar-refractivity contribution in [3.05, 3.63) is 70.5 Å². The van der Waals surface area contributed by atoms with Gasteiger partial charge in [0.15, 0.2) is 11.6 Å². The lowest BCUT2D eigenvalue weighted by Gasteiger charge is -2.32. The maximum absolute atomic E-state index is 13.4. The average molecular weight is 423 g/mol. The molecule has 152 valence electrons. The largest absolute Gasteiger partial charge is 0.296 e. The molecule has 2 heterocycles. The van der Waals surface area contributed by atoms with Crippen LogP contribution < -0.4 is 5.56 Å². The van der Waals surface area contributed by atoms with Crippen molar-refractivity contribution < 1.29 is 21.6 Å². The molecule has 0 N–H and O–H groups in total. The third kappa shape index (κ3) is 3.53. The van der Waals surface area contributed by atoms with Crippen molar-refractivity contribution in [2.75, 3.05) is 13.1 Å². The highest BCUT2D eigenvalue weighted by Crippen LogP contribution is 2.27. The molecule has 0 atom stereocenters. The normalized spacial score (nSPS) is 16.4. The van der Waals surface area contributed by atoms with Crippen LogP contribution in [0.4, 0.5) is 13.2 Å². The van der Waals surface area contributed by atoms with Crippen LogP contribution >= 0.6 is 0 Å². The standard InChI is InChI=1S/C19H16F3N3O3S/c20-12-1-3-15-18(9-12)23-11-25(19(15)26)13-5-7-24(8-6-13)29(27,28)14-2-4-16(21)17(22)10-14/h1-4,9-11,13H,5-8H2. The first-order valence-electron chi connectivity index (χ1n) is 8.89. The molecule has 1 aromatic heterocycles. The van der Waals surface area contributed by atoms with Gasteiger partial charge in [0.25, 0.3) is 5.56 Å². The minimum absolute atomic E-state index is 0.111. The second kappa shape index (κ2) is 7.27. The first kappa shape index (κ1) is 19.6. The highest BCUT2D eigenvalue weighted by Gasteiger charge is 2.31. The predicted octanol–water partition coefficient (Wildman–Crippen LogP) is 2.84. The van der Waals surface area contributed by atoms with Gasteiger partial charge in [-0.3, -0.25) is 9.36 Å². The second-order valence-corrected chi connectivity index (χ2v) is 8.77. The minimum Gasteiger partial charge on any atom is -0.296 e. The summed E-state index contributed by atoms with van der Waals surface area (Å²) in [5.74, 6) is -2.84. The van der Waals surface area contributed by atoms with E-state index < -0.39 is 27.5 Å². The van der Waals surface area contributed by atoms with Crippen molar-refractivity contribution in [3.8, 4) is 0 Å². The summed E-state index contributed by atoms with van der Waals surface area (Å²) in [7, 11) is -3.97. The quantitative estimate of drug-likeness (QED) is 0.650. The third-order valence-electron chi connectivity index (χ3n) is 5.09. The molecular formula is C19H16F3N3O3S. The molecule has 1 saturated heterocycles. The lowest BCUT2D eigenvalue weighted by molar-refractivity contribution is 0.269. The third-order valence-corrected chi connectivity index (χ3v) is 6.99. The summed E-state index contributed by atoms with van der Waals surface area (Å²) in [6.45, 7) is 0.222. The van der Waals surface area contributed by atoms with Crippen LogP contribution in [0.1, 0.15) is 18.9 Å². The summed E-state index contributed by atoms with van der Waals surface area (Å²) in [6, 6.07) is 5.92. The van der Waals surface area contributed by atoms with Gasteiger partial charge in [-0.25, -0.2) is 26.6 Å². The Morgan fingerprint density at radius 1 is 0.966 bits per heavy atom. The molecule has 0 aliphatic carbocycles. The van der Waals surface area contributed by atoms with E-state index in [0.29, 0.717) is 18.9 Å². The highest BCUT2D eigenvalue weighted by molar-refractivity contribution is 7.89. The van der Waals surface area contributed by atoms with Crippen LogP contribution in [0.5, 0.6) is 0 Å². The summed E-state index contributed by atoms with van der Waals surface area (Å²) >= 11 is 0. The molecule has 0 spiro atoms. The van der Waals surface area contributed by atoms with Crippen LogP contribution in [0.2, 0.25) is 0 Å². The molecule has 1 aliphatic rings. The van der Waals surface area contributed by atoms with Gasteiger partial charge in [0.2, 0.25) is 10.0 Å². The van der Waals surface area contributed by atoms with Gasteiger partial charge in [0, 0.05) is 25.2 Å². The van der Waals surface area contributed by atoms with Crippen molar-refractivity contribution in [1.82, 2.24) is 13.9 Å². The summed E-state index contributed by atoms with van der Waals surface area (Å²) in [5.41, 5.74) is -0.0680. The van der Waals surface area contributed by atoms with E-state index in [1.165, 1.54) is 33.4 Å². The number of sulfonamides is 1. The van der Waals surface area contributed by atoms with Gasteiger partial charge in [0.1, 0.15) is 5.82 Å². The molecule has 3 aromatic rings. The fourth-order valence-electron chi connectivity index (χ4n) is 3.52. The summed E-state index contributed by atoms with van der Waals surface area (Å²) < 4.78 is 67.8. The van der Waals surface area contributed by atoms with Crippen LogP contribution in [0.25, 0.3) is 10.9 Å². The first-order valence-corrected chi connectivity index (χ1v) is 10.3. The number of hydrogen-bond donors (Lipinski definition) is 0. The first-order chi connectivity index (χ1) is 13.8. The van der Waals surface area contributed by atoms with Crippen LogP contribution in [0.3, 0.4) is 0 Å². The number of aromatic nitrogens is 2. The van der Waals surface area contributed by atoms with E-state index in [9.17, 15) is 26.4 Å². The number of halogens is 3. The maximum atomic E-state index is 13.4. The Morgan fingerprint density at radius 3 is 2.38 bits per heavy atom. The molecule has 1 fully saturated rings. The Kier molecular flexibility index (Phi) is 4.91. The summed E-state index contributed by atoms with van der Waals surface area (Å²) in [4.78, 5) is 16.5. The molecule has 6 nitrogen and oxygen atoms in total. The smallest absolute Gasteiger partial charge is 0.261 e. The predicted molar refractivity (Wildman–Crippen MR) is 99.3 cm³/mol. The van der Waals surface area contributed by atoms with E-state index in [1.807, 2.05) is 0 Å². The lowest BCUT2D eigenvalue weighted by Crippen LogP contribution is -2.40. The highest BCUT2D eigenvalue weighted by atomic mass is 32.2. The van der Waals surface area contributed by atoms with E-state index in [-0.39, 0.29) is 40.5 Å². The van der Waals surface area contributed by atoms with Crippen LogP contribution in [-0.2, 0) is 10.0 Å². The fraction of sp³-hybridized carbons (Fsp3) is 0.263. The number of hydrogen-bond acceptors (Lipinski definition) is 4. The maximum Gasteiger partial charge on any atom is 0.261 e. The number of fused-ring (bicyclic) bond motifs is 1. The number of benzene rings is 2. The molecule has 2 aromatic carbocycles. The Hall–Kier alpha value is -2.72. The lowest BCUT2D eigenvalue weighted by atomic mass is 10.1. The zero-order chi connectivity index (χ0) is 20.8. The minimum atomic E-state index is -3.97. The molecule has 0 saturated carbocycles. The van der Waals surface area contributed by atoms with E-state index in [4.69, 9.17) is 0 Å². The summed E-state index contributed by atoms with van der Waals surface area (Å²) in [6.07, 6.45) is 2.03. The number of nitrogens with zero attached hydrogens (tertiary/aromatic N) is 3. The average Bonchev–Trinajstić information content (AvgIpc) is 2.70. The van der Waals surface area contributed by atoms with Gasteiger partial charge < -0.3 is 0 Å². The van der Waals surface area contributed by atoms with Crippen LogP contribution in [0, 0.1) is 17.5 Å². The molecule has 0 bridgehead atoms. The molecule has 10 heteroatoms. The van der Waals surface area contributed by atoms with Gasteiger partial charge >= 0.3 is 0 Å². The monoisotopic (exact) mass is 423 g/mol. The van der Waals surface area contributed by atoms with Crippen molar-refractivity contribution >= 4 is 20.9 Å². The van der Waals surface area contributed by atoms with E-state index in [1.54, 1.807) is 0 Å². The zero-order valence-electron chi connectivity index (χ0n) is 15.1. The second-order valence-electron chi connectivity index (χ2n) is 6.83. The molecule has 0 radical (unpaired) electrons. The van der Waals surface area contributed by atoms with Crippen molar-refractivity contribution in [1.29, 1.82) is 0 Å². The zero-order valence-corrected chi connectivity index (χ0v) is 15.9. The van der Waals surface area contributed by atoms with E-state index in [0.717, 1.165) is 12.1 Å². The number of piperidine rings is 1.